The maximum absolute atomic E-state index is 11.0. The van der Waals surface area contributed by atoms with Gasteiger partial charge >= 0.3 is 5.97 Å². The molecule has 13 heavy (non-hydrogen) atoms. The normalized spacial score (nSPS) is 13.9. The minimum absolute atomic E-state index is 0.453. The summed E-state index contributed by atoms with van der Waals surface area (Å²) in [5, 5.41) is -0.693. The van der Waals surface area contributed by atoms with Crippen LogP contribution in [0, 0.1) is 0 Å². The van der Waals surface area contributed by atoms with Crippen LogP contribution >= 0.6 is 46.4 Å². The van der Waals surface area contributed by atoms with Gasteiger partial charge in [0.15, 0.2) is 0 Å². The second kappa shape index (κ2) is 6.18. The first-order chi connectivity index (χ1) is 5.96. The molecule has 0 spiro atoms. The van der Waals surface area contributed by atoms with Gasteiger partial charge in [-0.1, -0.05) is 23.2 Å². The molecule has 78 valence electrons. The minimum atomic E-state index is -1.69. The average Bonchev–Trinajstić information content (AvgIpc) is 2.12. The number of carbonyl (C=O) groups excluding carboxylic acids is 1. The molecule has 0 heterocycles. The molecule has 0 N–H and O–H groups in total. The number of halogens is 4. The fraction of sp³-hybridized carbons (Fsp3) is 0.857. The molecule has 0 aliphatic heterocycles. The largest absolute Gasteiger partial charge is 0.467 e. The first-order valence-electron chi connectivity index (χ1n) is 3.63. The topological polar surface area (TPSA) is 26.3 Å². The standard InChI is InChI=1S/C7H10Cl4O2/c1-13-6(12)7(10,11)5(9)3-2-4-8/h5H,2-4H2,1H3. The minimum Gasteiger partial charge on any atom is -0.467 e. The Morgan fingerprint density at radius 3 is 2.46 bits per heavy atom. The predicted octanol–water partition coefficient (Wildman–Crippen LogP) is 2.96. The lowest BCUT2D eigenvalue weighted by Gasteiger charge is -2.21. The molecule has 0 saturated carbocycles. The third kappa shape index (κ3) is 4.11. The van der Waals surface area contributed by atoms with Crippen molar-refractivity contribution in [2.75, 3.05) is 13.0 Å². The van der Waals surface area contributed by atoms with Gasteiger partial charge in [-0.05, 0) is 12.8 Å². The Morgan fingerprint density at radius 2 is 2.08 bits per heavy atom. The lowest BCUT2D eigenvalue weighted by atomic mass is 10.2. The van der Waals surface area contributed by atoms with Crippen LogP contribution < -0.4 is 0 Å². The number of hydrogen-bond donors (Lipinski definition) is 0. The number of hydrogen-bond acceptors (Lipinski definition) is 2. The molecule has 0 aromatic rings. The molecule has 6 heteroatoms. The third-order valence-electron chi connectivity index (χ3n) is 1.44. The number of ether oxygens (including phenoxy) is 1. The highest BCUT2D eigenvalue weighted by atomic mass is 35.5. The molecule has 0 amide bonds. The van der Waals surface area contributed by atoms with E-state index in [9.17, 15) is 4.79 Å². The molecule has 0 aromatic carbocycles. The summed E-state index contributed by atoms with van der Waals surface area (Å²) < 4.78 is 2.70. The van der Waals surface area contributed by atoms with Crippen molar-refractivity contribution >= 4 is 52.4 Å². The van der Waals surface area contributed by atoms with Gasteiger partial charge in [0.05, 0.1) is 12.5 Å². The molecule has 0 aromatic heterocycles. The van der Waals surface area contributed by atoms with Crippen molar-refractivity contribution in [2.24, 2.45) is 0 Å². The zero-order valence-corrected chi connectivity index (χ0v) is 10.1. The molecule has 0 bridgehead atoms. The van der Waals surface area contributed by atoms with Gasteiger partial charge in [0.2, 0.25) is 4.33 Å². The summed E-state index contributed by atoms with van der Waals surface area (Å²) in [7, 11) is 1.20. The number of methoxy groups -OCH3 is 1. The molecular weight excluding hydrogens is 258 g/mol. The highest BCUT2D eigenvalue weighted by Crippen LogP contribution is 2.33. The lowest BCUT2D eigenvalue weighted by Crippen LogP contribution is -2.37. The van der Waals surface area contributed by atoms with Crippen LogP contribution in [0.25, 0.3) is 0 Å². The van der Waals surface area contributed by atoms with E-state index in [2.05, 4.69) is 4.74 Å². The molecule has 0 aliphatic carbocycles. The summed E-state index contributed by atoms with van der Waals surface area (Å²) >= 11 is 22.6. The SMILES string of the molecule is COC(=O)C(Cl)(Cl)C(Cl)CCCCl. The van der Waals surface area contributed by atoms with E-state index < -0.39 is 15.7 Å². The van der Waals surface area contributed by atoms with Crippen molar-refractivity contribution < 1.29 is 9.53 Å². The molecule has 1 unspecified atom stereocenters. The van der Waals surface area contributed by atoms with Crippen molar-refractivity contribution in [2.45, 2.75) is 22.6 Å². The van der Waals surface area contributed by atoms with Crippen molar-refractivity contribution in [3.63, 3.8) is 0 Å². The summed E-state index contributed by atoms with van der Waals surface area (Å²) in [5.41, 5.74) is 0. The van der Waals surface area contributed by atoms with E-state index >= 15 is 0 Å². The number of rotatable bonds is 5. The van der Waals surface area contributed by atoms with Crippen LogP contribution in [0.5, 0.6) is 0 Å². The molecule has 0 aliphatic rings. The third-order valence-corrected chi connectivity index (χ3v) is 3.31. The van der Waals surface area contributed by atoms with Crippen LogP contribution in [-0.2, 0) is 9.53 Å². The van der Waals surface area contributed by atoms with Crippen molar-refractivity contribution in [1.29, 1.82) is 0 Å². The number of carbonyl (C=O) groups is 1. The van der Waals surface area contributed by atoms with Gasteiger partial charge in [0.25, 0.3) is 0 Å². The fourth-order valence-corrected chi connectivity index (χ4v) is 1.47. The maximum Gasteiger partial charge on any atom is 0.343 e. The van der Waals surface area contributed by atoms with Gasteiger partial charge in [-0.2, -0.15) is 0 Å². The lowest BCUT2D eigenvalue weighted by molar-refractivity contribution is -0.141. The second-order valence-corrected chi connectivity index (χ2v) is 4.70. The van der Waals surface area contributed by atoms with E-state index in [4.69, 9.17) is 46.4 Å². The molecule has 0 saturated heterocycles. The molecule has 0 radical (unpaired) electrons. The highest BCUT2D eigenvalue weighted by Gasteiger charge is 2.42. The van der Waals surface area contributed by atoms with Crippen LogP contribution in [0.2, 0.25) is 0 Å². The first-order valence-corrected chi connectivity index (χ1v) is 5.35. The van der Waals surface area contributed by atoms with E-state index in [1.54, 1.807) is 0 Å². The Labute approximate surface area is 97.4 Å². The average molecular weight is 268 g/mol. The van der Waals surface area contributed by atoms with Gasteiger partial charge in [-0.15, -0.1) is 23.2 Å². The van der Waals surface area contributed by atoms with E-state index in [1.807, 2.05) is 0 Å². The molecular formula is C7H10Cl4O2. The Bertz CT molecular complexity index is 172. The summed E-state index contributed by atoms with van der Waals surface area (Å²) in [4.78, 5) is 11.0. The van der Waals surface area contributed by atoms with Gasteiger partial charge in [0, 0.05) is 5.88 Å². The van der Waals surface area contributed by atoms with Crippen molar-refractivity contribution in [1.82, 2.24) is 0 Å². The fourth-order valence-electron chi connectivity index (χ4n) is 0.702. The zero-order chi connectivity index (χ0) is 10.5. The van der Waals surface area contributed by atoms with Crippen LogP contribution in [0.3, 0.4) is 0 Å². The van der Waals surface area contributed by atoms with E-state index in [0.717, 1.165) is 0 Å². The first kappa shape index (κ1) is 13.6. The smallest absolute Gasteiger partial charge is 0.343 e. The molecule has 0 rings (SSSR count). The Balaban J connectivity index is 4.17. The highest BCUT2D eigenvalue weighted by molar-refractivity contribution is 6.60. The van der Waals surface area contributed by atoms with Gasteiger partial charge in [-0.3, -0.25) is 0 Å². The van der Waals surface area contributed by atoms with E-state index in [-0.39, 0.29) is 0 Å². The van der Waals surface area contributed by atoms with Crippen LogP contribution in [0.15, 0.2) is 0 Å². The number of alkyl halides is 4. The summed E-state index contributed by atoms with van der Waals surface area (Å²) in [6.45, 7) is 0. The van der Waals surface area contributed by atoms with Gasteiger partial charge in [-0.25, -0.2) is 4.79 Å². The van der Waals surface area contributed by atoms with E-state index in [0.29, 0.717) is 18.7 Å². The van der Waals surface area contributed by atoms with Crippen LogP contribution in [0.1, 0.15) is 12.8 Å². The maximum atomic E-state index is 11.0. The molecule has 1 atom stereocenters. The second-order valence-electron chi connectivity index (χ2n) is 2.41. The quantitative estimate of drug-likeness (QED) is 0.566. The summed E-state index contributed by atoms with van der Waals surface area (Å²) in [6, 6.07) is 0. The zero-order valence-electron chi connectivity index (χ0n) is 7.03. The predicted molar refractivity (Wildman–Crippen MR) is 56.0 cm³/mol. The monoisotopic (exact) mass is 266 g/mol. The van der Waals surface area contributed by atoms with Crippen molar-refractivity contribution in [3.8, 4) is 0 Å². The summed E-state index contributed by atoms with van der Waals surface area (Å²) in [6.07, 6.45) is 1.11. The molecule has 2 nitrogen and oxygen atoms in total. The Kier molecular flexibility index (Phi) is 6.48. The Hall–Kier alpha value is 0.630. The van der Waals surface area contributed by atoms with Crippen LogP contribution in [0.4, 0.5) is 0 Å². The van der Waals surface area contributed by atoms with Gasteiger partial charge in [0.1, 0.15) is 0 Å². The van der Waals surface area contributed by atoms with E-state index in [1.165, 1.54) is 7.11 Å². The van der Waals surface area contributed by atoms with Gasteiger partial charge < -0.3 is 4.74 Å². The Morgan fingerprint density at radius 1 is 1.54 bits per heavy atom. The van der Waals surface area contributed by atoms with Crippen LogP contribution in [-0.4, -0.2) is 28.7 Å². The molecule has 0 fully saturated rings. The van der Waals surface area contributed by atoms with Crippen molar-refractivity contribution in [3.05, 3.63) is 0 Å². The number of esters is 1. The summed E-state index contributed by atoms with van der Waals surface area (Å²) in [5.74, 6) is -0.292.